The first-order valence-electron chi connectivity index (χ1n) is 6.01. The molecule has 2 rings (SSSR count). The van der Waals surface area contributed by atoms with Crippen LogP contribution in [-0.4, -0.2) is 11.9 Å². The molecule has 0 aromatic heterocycles. The first-order chi connectivity index (χ1) is 9.15. The number of carbonyl (C=O) groups excluding carboxylic acids is 1. The van der Waals surface area contributed by atoms with Crippen LogP contribution in [0.1, 0.15) is 5.56 Å². The summed E-state index contributed by atoms with van der Waals surface area (Å²) < 4.78 is 1.13. The molecule has 1 amide bonds. The molecule has 0 aliphatic rings. The first-order valence-corrected chi connectivity index (χ1v) is 7.09. The molecule has 0 saturated carbocycles. The van der Waals surface area contributed by atoms with Crippen LogP contribution in [0.3, 0.4) is 0 Å². The molecule has 19 heavy (non-hydrogen) atoms. The van der Waals surface area contributed by atoms with Crippen molar-refractivity contribution in [3.63, 3.8) is 0 Å². The molecule has 0 saturated heterocycles. The Kier molecular flexibility index (Phi) is 4.93. The number of hydrogen-bond donors (Lipinski definition) is 2. The van der Waals surface area contributed by atoms with Crippen LogP contribution in [0.5, 0.6) is 0 Å². The number of nitrogens with two attached hydrogens (primary N) is 1. The number of hydrogen-bond acceptors (Lipinski definition) is 2. The molecule has 4 heteroatoms. The van der Waals surface area contributed by atoms with E-state index in [-0.39, 0.29) is 5.91 Å². The van der Waals surface area contributed by atoms with E-state index in [0.29, 0.717) is 6.42 Å². The normalized spacial score (nSPS) is 11.9. The van der Waals surface area contributed by atoms with Crippen molar-refractivity contribution in [1.29, 1.82) is 0 Å². The fourth-order valence-corrected chi connectivity index (χ4v) is 2.09. The predicted octanol–water partition coefficient (Wildman–Crippen LogP) is 2.80. The van der Waals surface area contributed by atoms with Gasteiger partial charge in [-0.1, -0.05) is 30.3 Å². The van der Waals surface area contributed by atoms with Gasteiger partial charge in [-0.25, -0.2) is 0 Å². The van der Waals surface area contributed by atoms with Crippen LogP contribution < -0.4 is 11.1 Å². The summed E-state index contributed by atoms with van der Waals surface area (Å²) in [4.78, 5) is 12.0. The zero-order valence-corrected chi connectivity index (χ0v) is 12.5. The zero-order chi connectivity index (χ0) is 13.7. The molecular formula is C15H15IN2O. The molecule has 0 aliphatic heterocycles. The van der Waals surface area contributed by atoms with Gasteiger partial charge in [0, 0.05) is 9.26 Å². The van der Waals surface area contributed by atoms with Crippen LogP contribution in [0.4, 0.5) is 5.69 Å². The maximum absolute atomic E-state index is 12.0. The van der Waals surface area contributed by atoms with Crippen molar-refractivity contribution in [3.05, 3.63) is 63.7 Å². The maximum atomic E-state index is 12.0. The number of halogens is 1. The number of nitrogens with one attached hydrogen (secondary N) is 1. The second-order valence-corrected chi connectivity index (χ2v) is 5.54. The van der Waals surface area contributed by atoms with Crippen molar-refractivity contribution in [2.75, 3.05) is 5.32 Å². The summed E-state index contributed by atoms with van der Waals surface area (Å²) in [5.74, 6) is -0.162. The van der Waals surface area contributed by atoms with Crippen molar-refractivity contribution >= 4 is 34.2 Å². The van der Waals surface area contributed by atoms with Gasteiger partial charge in [-0.05, 0) is 58.8 Å². The van der Waals surface area contributed by atoms with E-state index in [1.54, 1.807) is 0 Å². The molecule has 98 valence electrons. The van der Waals surface area contributed by atoms with Gasteiger partial charge in [-0.15, -0.1) is 0 Å². The van der Waals surface area contributed by atoms with Crippen LogP contribution in [0.2, 0.25) is 0 Å². The molecule has 0 fully saturated rings. The van der Waals surface area contributed by atoms with Crippen LogP contribution in [-0.2, 0) is 11.2 Å². The maximum Gasteiger partial charge on any atom is 0.241 e. The summed E-state index contributed by atoms with van der Waals surface area (Å²) in [5, 5.41) is 2.82. The van der Waals surface area contributed by atoms with Gasteiger partial charge < -0.3 is 11.1 Å². The van der Waals surface area contributed by atoms with Gasteiger partial charge in [0.15, 0.2) is 0 Å². The van der Waals surface area contributed by atoms with Gasteiger partial charge >= 0.3 is 0 Å². The molecule has 0 aliphatic carbocycles. The van der Waals surface area contributed by atoms with Crippen LogP contribution in [0.25, 0.3) is 0 Å². The monoisotopic (exact) mass is 366 g/mol. The first kappa shape index (κ1) is 14.0. The minimum atomic E-state index is -0.540. The molecule has 0 radical (unpaired) electrons. The molecule has 0 heterocycles. The highest BCUT2D eigenvalue weighted by molar-refractivity contribution is 14.1. The lowest BCUT2D eigenvalue weighted by Gasteiger charge is -2.12. The third kappa shape index (κ3) is 4.33. The summed E-state index contributed by atoms with van der Waals surface area (Å²) in [6.07, 6.45) is 0.539. The van der Waals surface area contributed by atoms with E-state index in [1.165, 1.54) is 0 Å². The highest BCUT2D eigenvalue weighted by Gasteiger charge is 2.13. The Bertz CT molecular complexity index is 540. The summed E-state index contributed by atoms with van der Waals surface area (Å²) in [7, 11) is 0. The predicted molar refractivity (Wildman–Crippen MR) is 85.9 cm³/mol. The third-order valence-electron chi connectivity index (χ3n) is 2.75. The standard InChI is InChI=1S/C15H15IN2O/c16-12-6-8-13(9-7-12)18-15(19)14(17)10-11-4-2-1-3-5-11/h1-9,14H,10,17H2,(H,18,19)/t14-/m0/s1. The van der Waals surface area contributed by atoms with Crippen molar-refractivity contribution in [2.24, 2.45) is 5.73 Å². The minimum Gasteiger partial charge on any atom is -0.325 e. The van der Waals surface area contributed by atoms with Crippen LogP contribution in [0, 0.1) is 3.57 Å². The van der Waals surface area contributed by atoms with E-state index in [0.717, 1.165) is 14.8 Å². The molecule has 3 N–H and O–H groups in total. The second kappa shape index (κ2) is 6.68. The lowest BCUT2D eigenvalue weighted by molar-refractivity contribution is -0.117. The topological polar surface area (TPSA) is 55.1 Å². The van der Waals surface area contributed by atoms with Gasteiger partial charge in [-0.2, -0.15) is 0 Å². The highest BCUT2D eigenvalue weighted by atomic mass is 127. The quantitative estimate of drug-likeness (QED) is 0.818. The number of anilines is 1. The van der Waals surface area contributed by atoms with Crippen molar-refractivity contribution < 1.29 is 4.79 Å². The van der Waals surface area contributed by atoms with Crippen LogP contribution >= 0.6 is 22.6 Å². The van der Waals surface area contributed by atoms with E-state index in [4.69, 9.17) is 5.73 Å². The Morgan fingerprint density at radius 1 is 1.11 bits per heavy atom. The summed E-state index contributed by atoms with van der Waals surface area (Å²) in [5.41, 5.74) is 7.75. The third-order valence-corrected chi connectivity index (χ3v) is 3.47. The SMILES string of the molecule is N[C@@H](Cc1ccccc1)C(=O)Nc1ccc(I)cc1. The highest BCUT2D eigenvalue weighted by Crippen LogP contribution is 2.11. The lowest BCUT2D eigenvalue weighted by Crippen LogP contribution is -2.37. The van der Waals surface area contributed by atoms with Gasteiger partial charge in [0.25, 0.3) is 0 Å². The minimum absolute atomic E-state index is 0.162. The van der Waals surface area contributed by atoms with Gasteiger partial charge in [0.05, 0.1) is 6.04 Å². The summed E-state index contributed by atoms with van der Waals surface area (Å²) in [6.45, 7) is 0. The van der Waals surface area contributed by atoms with Gasteiger partial charge in [0.2, 0.25) is 5.91 Å². The summed E-state index contributed by atoms with van der Waals surface area (Å²) >= 11 is 2.22. The zero-order valence-electron chi connectivity index (χ0n) is 10.3. The van der Waals surface area contributed by atoms with Gasteiger partial charge in [0.1, 0.15) is 0 Å². The Labute approximate surface area is 126 Å². The Morgan fingerprint density at radius 3 is 2.37 bits per heavy atom. The van der Waals surface area contributed by atoms with Crippen molar-refractivity contribution in [3.8, 4) is 0 Å². The Morgan fingerprint density at radius 2 is 1.74 bits per heavy atom. The van der Waals surface area contributed by atoms with Crippen molar-refractivity contribution in [1.82, 2.24) is 0 Å². The number of benzene rings is 2. The number of carbonyl (C=O) groups is 1. The van der Waals surface area contributed by atoms with E-state index >= 15 is 0 Å². The Balaban J connectivity index is 1.94. The average Bonchev–Trinajstić information content (AvgIpc) is 2.42. The fourth-order valence-electron chi connectivity index (χ4n) is 1.73. The fraction of sp³-hybridized carbons (Fsp3) is 0.133. The van der Waals surface area contributed by atoms with E-state index in [1.807, 2.05) is 54.6 Å². The van der Waals surface area contributed by atoms with E-state index in [9.17, 15) is 4.79 Å². The smallest absolute Gasteiger partial charge is 0.241 e. The van der Waals surface area contributed by atoms with Gasteiger partial charge in [-0.3, -0.25) is 4.79 Å². The molecule has 0 bridgehead atoms. The largest absolute Gasteiger partial charge is 0.325 e. The van der Waals surface area contributed by atoms with Crippen LogP contribution in [0.15, 0.2) is 54.6 Å². The average molecular weight is 366 g/mol. The molecule has 2 aromatic carbocycles. The van der Waals surface area contributed by atoms with E-state index in [2.05, 4.69) is 27.9 Å². The number of rotatable bonds is 4. The lowest BCUT2D eigenvalue weighted by atomic mass is 10.1. The van der Waals surface area contributed by atoms with Crippen molar-refractivity contribution in [2.45, 2.75) is 12.5 Å². The Hall–Kier alpha value is -1.40. The number of amides is 1. The molecule has 1 atom stereocenters. The molecular weight excluding hydrogens is 351 g/mol. The molecule has 3 nitrogen and oxygen atoms in total. The second-order valence-electron chi connectivity index (χ2n) is 4.29. The molecule has 0 spiro atoms. The van der Waals surface area contributed by atoms with E-state index < -0.39 is 6.04 Å². The molecule has 2 aromatic rings. The molecule has 0 unspecified atom stereocenters. The summed E-state index contributed by atoms with van der Waals surface area (Å²) in [6, 6.07) is 16.9.